The zero-order chi connectivity index (χ0) is 18.1. The summed E-state index contributed by atoms with van der Waals surface area (Å²) in [6.07, 6.45) is 1.89. The summed E-state index contributed by atoms with van der Waals surface area (Å²) in [5.74, 6) is 0.523. The fourth-order valence-corrected chi connectivity index (χ4v) is 2.91. The molecular formula is C18H15F2N5O. The first kappa shape index (κ1) is 16.2. The molecule has 2 heterocycles. The van der Waals surface area contributed by atoms with Gasteiger partial charge in [-0.25, -0.2) is 0 Å². The van der Waals surface area contributed by atoms with Crippen LogP contribution in [0.15, 0.2) is 54.6 Å². The second-order valence-electron chi connectivity index (χ2n) is 5.88. The van der Waals surface area contributed by atoms with Crippen LogP contribution in [0.25, 0.3) is 5.70 Å². The van der Waals surface area contributed by atoms with Gasteiger partial charge < -0.3 is 10.1 Å². The van der Waals surface area contributed by atoms with Crippen LogP contribution < -0.4 is 10.1 Å². The van der Waals surface area contributed by atoms with Crippen molar-refractivity contribution in [2.24, 2.45) is 0 Å². The third kappa shape index (κ3) is 3.01. The maximum absolute atomic E-state index is 12.8. The molecule has 4 rings (SSSR count). The highest BCUT2D eigenvalue weighted by atomic mass is 19.3. The molecule has 0 radical (unpaired) electrons. The van der Waals surface area contributed by atoms with Crippen LogP contribution in [0, 0.1) is 6.92 Å². The molecule has 0 saturated carbocycles. The van der Waals surface area contributed by atoms with E-state index >= 15 is 0 Å². The normalized spacial score (nSPS) is 16.0. The summed E-state index contributed by atoms with van der Waals surface area (Å²) < 4.78 is 31.8. The van der Waals surface area contributed by atoms with E-state index in [-0.39, 0.29) is 5.75 Å². The summed E-state index contributed by atoms with van der Waals surface area (Å²) in [5, 5.41) is 14.8. The van der Waals surface area contributed by atoms with Gasteiger partial charge in [-0.2, -0.15) is 13.5 Å². The molecule has 0 unspecified atom stereocenters. The molecule has 1 aliphatic rings. The van der Waals surface area contributed by atoms with Crippen LogP contribution in [-0.4, -0.2) is 26.8 Å². The molecule has 1 N–H and O–H groups in total. The van der Waals surface area contributed by atoms with E-state index in [1.165, 1.54) is 10.7 Å². The summed E-state index contributed by atoms with van der Waals surface area (Å²) in [7, 11) is 0. The lowest BCUT2D eigenvalue weighted by Crippen LogP contribution is -2.21. The summed E-state index contributed by atoms with van der Waals surface area (Å²) >= 11 is 0. The molecule has 1 atom stereocenters. The average molecular weight is 355 g/mol. The Kier molecular flexibility index (Phi) is 4.08. The van der Waals surface area contributed by atoms with E-state index < -0.39 is 12.7 Å². The van der Waals surface area contributed by atoms with Gasteiger partial charge in [0, 0.05) is 11.3 Å². The number of tetrazole rings is 1. The molecule has 0 aliphatic carbocycles. The molecular weight excluding hydrogens is 340 g/mol. The van der Waals surface area contributed by atoms with Gasteiger partial charge >= 0.3 is 6.61 Å². The second-order valence-corrected chi connectivity index (χ2v) is 5.88. The first-order valence-electron chi connectivity index (χ1n) is 7.99. The number of nitrogens with zero attached hydrogens (tertiary/aromatic N) is 4. The lowest BCUT2D eigenvalue weighted by atomic mass is 10.0. The van der Waals surface area contributed by atoms with E-state index in [9.17, 15) is 8.78 Å². The number of nitrogens with one attached hydrogen (secondary N) is 1. The number of aromatic nitrogens is 4. The molecule has 132 valence electrons. The molecule has 3 aromatic rings. The molecule has 26 heavy (non-hydrogen) atoms. The van der Waals surface area contributed by atoms with Gasteiger partial charge in [-0.1, -0.05) is 53.1 Å². The predicted octanol–water partition coefficient (Wildman–Crippen LogP) is 3.64. The summed E-state index contributed by atoms with van der Waals surface area (Å²) in [5.41, 5.74) is 3.43. The number of aryl methyl sites for hydroxylation is 1. The number of ether oxygens (including phenoxy) is 1. The Bertz CT molecular complexity index is 952. The van der Waals surface area contributed by atoms with Crippen LogP contribution in [-0.2, 0) is 0 Å². The Morgan fingerprint density at radius 3 is 2.65 bits per heavy atom. The van der Waals surface area contributed by atoms with Crippen LogP contribution in [0.1, 0.15) is 22.7 Å². The molecule has 0 fully saturated rings. The minimum atomic E-state index is -2.91. The minimum absolute atomic E-state index is 0.0929. The molecule has 1 aromatic heterocycles. The Labute approximate surface area is 148 Å². The lowest BCUT2D eigenvalue weighted by molar-refractivity contribution is -0.0506. The molecule has 1 aliphatic heterocycles. The summed E-state index contributed by atoms with van der Waals surface area (Å²) in [6, 6.07) is 14.1. The Morgan fingerprint density at radius 2 is 1.88 bits per heavy atom. The molecule has 2 aromatic carbocycles. The van der Waals surface area contributed by atoms with Gasteiger partial charge in [0.1, 0.15) is 11.8 Å². The van der Waals surface area contributed by atoms with Gasteiger partial charge in [-0.3, -0.25) is 0 Å². The topological polar surface area (TPSA) is 64.9 Å². The van der Waals surface area contributed by atoms with Crippen molar-refractivity contribution < 1.29 is 13.5 Å². The third-order valence-corrected chi connectivity index (χ3v) is 4.14. The van der Waals surface area contributed by atoms with Crippen molar-refractivity contribution in [2.45, 2.75) is 19.6 Å². The van der Waals surface area contributed by atoms with Crippen molar-refractivity contribution in [1.29, 1.82) is 0 Å². The monoisotopic (exact) mass is 355 g/mol. The molecule has 6 nitrogen and oxygen atoms in total. The van der Waals surface area contributed by atoms with E-state index in [4.69, 9.17) is 0 Å². The number of hydrogen-bond acceptors (Lipinski definition) is 5. The predicted molar refractivity (Wildman–Crippen MR) is 91.8 cm³/mol. The lowest BCUT2D eigenvalue weighted by Gasteiger charge is -2.25. The van der Waals surface area contributed by atoms with Gasteiger partial charge in [0.2, 0.25) is 5.95 Å². The number of benzene rings is 2. The van der Waals surface area contributed by atoms with E-state index in [1.807, 2.05) is 37.3 Å². The van der Waals surface area contributed by atoms with Crippen LogP contribution in [0.2, 0.25) is 0 Å². The zero-order valence-corrected chi connectivity index (χ0v) is 13.8. The van der Waals surface area contributed by atoms with Crippen LogP contribution >= 0.6 is 0 Å². The minimum Gasteiger partial charge on any atom is -0.434 e. The van der Waals surface area contributed by atoms with Gasteiger partial charge in [0.05, 0.1) is 0 Å². The Morgan fingerprint density at radius 1 is 1.12 bits per heavy atom. The van der Waals surface area contributed by atoms with Crippen molar-refractivity contribution in [3.05, 3.63) is 71.3 Å². The van der Waals surface area contributed by atoms with Crippen molar-refractivity contribution in [3.63, 3.8) is 0 Å². The standard InChI is InChI=1S/C18H15F2N5O/c1-11-6-8-12(9-7-11)14-10-15(25-18(21-14)22-23-24-25)13-4-2-3-5-16(13)26-17(19)20/h2-10,15,17H,1H3,(H,21,22,24)/t15-/m1/s1. The number of anilines is 1. The van der Waals surface area contributed by atoms with E-state index in [0.717, 1.165) is 16.8 Å². The number of allylic oxidation sites excluding steroid dienone is 1. The first-order chi connectivity index (χ1) is 12.6. The number of rotatable bonds is 4. The molecule has 0 bridgehead atoms. The highest BCUT2D eigenvalue weighted by Gasteiger charge is 2.27. The summed E-state index contributed by atoms with van der Waals surface area (Å²) in [4.78, 5) is 0. The van der Waals surface area contributed by atoms with Crippen LogP contribution in [0.3, 0.4) is 0 Å². The highest BCUT2D eigenvalue weighted by Crippen LogP contribution is 2.36. The van der Waals surface area contributed by atoms with Crippen molar-refractivity contribution in [1.82, 2.24) is 20.2 Å². The van der Waals surface area contributed by atoms with Gasteiger partial charge in [0.25, 0.3) is 0 Å². The SMILES string of the molecule is Cc1ccc(C2=C[C@H](c3ccccc3OC(F)F)n3nnnc3N2)cc1. The molecule has 8 heteroatoms. The number of fused-ring (bicyclic) bond motifs is 1. The van der Waals surface area contributed by atoms with Crippen molar-refractivity contribution >= 4 is 11.6 Å². The fraction of sp³-hybridized carbons (Fsp3) is 0.167. The van der Waals surface area contributed by atoms with Gasteiger partial charge in [-0.05, 0) is 35.1 Å². The molecule has 0 amide bonds. The number of halogens is 2. The fourth-order valence-electron chi connectivity index (χ4n) is 2.91. The largest absolute Gasteiger partial charge is 0.434 e. The van der Waals surface area contributed by atoms with E-state index in [2.05, 4.69) is 25.6 Å². The highest BCUT2D eigenvalue weighted by molar-refractivity contribution is 5.77. The van der Waals surface area contributed by atoms with Gasteiger partial charge in [0.15, 0.2) is 0 Å². The quantitative estimate of drug-likeness (QED) is 0.774. The third-order valence-electron chi connectivity index (χ3n) is 4.14. The Balaban J connectivity index is 1.81. The first-order valence-corrected chi connectivity index (χ1v) is 7.99. The van der Waals surface area contributed by atoms with Gasteiger partial charge in [-0.15, -0.1) is 0 Å². The smallest absolute Gasteiger partial charge is 0.387 e. The number of alkyl halides is 2. The van der Waals surface area contributed by atoms with Crippen LogP contribution in [0.4, 0.5) is 14.7 Å². The molecule has 0 saturated heterocycles. The van der Waals surface area contributed by atoms with Crippen LogP contribution in [0.5, 0.6) is 5.75 Å². The maximum Gasteiger partial charge on any atom is 0.387 e. The van der Waals surface area contributed by atoms with E-state index in [0.29, 0.717) is 11.5 Å². The van der Waals surface area contributed by atoms with Crippen molar-refractivity contribution in [3.8, 4) is 5.75 Å². The molecule has 0 spiro atoms. The number of para-hydroxylation sites is 1. The number of hydrogen-bond donors (Lipinski definition) is 1. The second kappa shape index (κ2) is 6.55. The maximum atomic E-state index is 12.8. The van der Waals surface area contributed by atoms with E-state index in [1.54, 1.807) is 18.2 Å². The average Bonchev–Trinajstić information content (AvgIpc) is 3.10. The zero-order valence-electron chi connectivity index (χ0n) is 13.8. The Hall–Kier alpha value is -3.29. The van der Waals surface area contributed by atoms with Crippen molar-refractivity contribution in [2.75, 3.05) is 5.32 Å². The summed E-state index contributed by atoms with van der Waals surface area (Å²) in [6.45, 7) is -0.903.